The third-order valence-electron chi connectivity index (χ3n) is 4.28. The summed E-state index contributed by atoms with van der Waals surface area (Å²) in [5.41, 5.74) is 1.24. The largest absolute Gasteiger partial charge is 0.497 e. The van der Waals surface area contributed by atoms with Gasteiger partial charge in [0.2, 0.25) is 0 Å². The van der Waals surface area contributed by atoms with Gasteiger partial charge in [-0.3, -0.25) is 0 Å². The molecule has 0 saturated heterocycles. The second kappa shape index (κ2) is 6.92. The average molecular weight is 287 g/mol. The van der Waals surface area contributed by atoms with Crippen molar-refractivity contribution in [1.29, 1.82) is 0 Å². The van der Waals surface area contributed by atoms with E-state index in [1.165, 1.54) is 16.3 Å². The van der Waals surface area contributed by atoms with E-state index in [2.05, 4.69) is 49.5 Å². The lowest BCUT2D eigenvalue weighted by Gasteiger charge is -2.29. The molecule has 21 heavy (non-hydrogen) atoms. The zero-order chi connectivity index (χ0) is 15.3. The Labute approximate surface area is 126 Å². The van der Waals surface area contributed by atoms with Crippen molar-refractivity contribution in [3.8, 4) is 5.75 Å². The molecule has 0 fully saturated rings. The van der Waals surface area contributed by atoms with Crippen molar-refractivity contribution in [2.75, 3.05) is 13.7 Å². The predicted octanol–water partition coefficient (Wildman–Crippen LogP) is 3.49. The lowest BCUT2D eigenvalue weighted by molar-refractivity contribution is 0.214. The number of benzene rings is 2. The van der Waals surface area contributed by atoms with Crippen LogP contribution in [0, 0.1) is 0 Å². The molecule has 0 aromatic heterocycles. The predicted molar refractivity (Wildman–Crippen MR) is 87.7 cm³/mol. The molecule has 0 aliphatic heterocycles. The van der Waals surface area contributed by atoms with Crippen molar-refractivity contribution in [1.82, 2.24) is 5.32 Å². The highest BCUT2D eigenvalue weighted by Crippen LogP contribution is 2.22. The number of aliphatic hydroxyl groups is 1. The van der Waals surface area contributed by atoms with E-state index in [4.69, 9.17) is 9.84 Å². The molecule has 1 unspecified atom stereocenters. The molecule has 0 radical (unpaired) electrons. The van der Waals surface area contributed by atoms with Gasteiger partial charge in [-0.2, -0.15) is 0 Å². The van der Waals surface area contributed by atoms with Crippen molar-refractivity contribution in [2.45, 2.75) is 38.8 Å². The van der Waals surface area contributed by atoms with Crippen molar-refractivity contribution in [3.05, 3.63) is 42.0 Å². The van der Waals surface area contributed by atoms with Crippen LogP contribution in [0.5, 0.6) is 5.75 Å². The third-order valence-corrected chi connectivity index (χ3v) is 4.28. The van der Waals surface area contributed by atoms with Crippen LogP contribution in [0.15, 0.2) is 36.4 Å². The first-order valence-electron chi connectivity index (χ1n) is 7.53. The van der Waals surface area contributed by atoms with Gasteiger partial charge in [0.1, 0.15) is 5.75 Å². The Kier molecular flexibility index (Phi) is 5.21. The molecule has 0 aliphatic carbocycles. The van der Waals surface area contributed by atoms with E-state index < -0.39 is 0 Å². The summed E-state index contributed by atoms with van der Waals surface area (Å²) in [5.74, 6) is 0.884. The van der Waals surface area contributed by atoms with E-state index in [9.17, 15) is 0 Å². The normalized spacial score (nSPS) is 14.1. The summed E-state index contributed by atoms with van der Waals surface area (Å²) in [6, 6.07) is 12.6. The summed E-state index contributed by atoms with van der Waals surface area (Å²) >= 11 is 0. The lowest BCUT2D eigenvalue weighted by atomic mass is 9.94. The second-order valence-corrected chi connectivity index (χ2v) is 5.79. The van der Waals surface area contributed by atoms with Gasteiger partial charge in [-0.1, -0.05) is 25.1 Å². The van der Waals surface area contributed by atoms with Gasteiger partial charge in [0.25, 0.3) is 0 Å². The highest BCUT2D eigenvalue weighted by Gasteiger charge is 2.20. The van der Waals surface area contributed by atoms with Gasteiger partial charge in [-0.25, -0.2) is 0 Å². The smallest absolute Gasteiger partial charge is 0.119 e. The molecule has 0 saturated carbocycles. The molecule has 114 valence electrons. The molecule has 2 rings (SSSR count). The minimum Gasteiger partial charge on any atom is -0.497 e. The maximum Gasteiger partial charge on any atom is 0.119 e. The first-order valence-corrected chi connectivity index (χ1v) is 7.53. The number of nitrogens with one attached hydrogen (secondary N) is 1. The standard InChI is InChI=1S/C18H25NO2/c1-4-18(2,9-10-20)19-13-14-5-6-16-12-17(21-3)8-7-15(16)11-14/h5-8,11-12,19-20H,4,9-10,13H2,1-3H3. The van der Waals surface area contributed by atoms with E-state index in [-0.39, 0.29) is 12.1 Å². The van der Waals surface area contributed by atoms with Gasteiger partial charge in [-0.15, -0.1) is 0 Å². The van der Waals surface area contributed by atoms with Gasteiger partial charge >= 0.3 is 0 Å². The van der Waals surface area contributed by atoms with Crippen molar-refractivity contribution < 1.29 is 9.84 Å². The van der Waals surface area contributed by atoms with Gasteiger partial charge in [-0.05, 0) is 54.3 Å². The summed E-state index contributed by atoms with van der Waals surface area (Å²) in [6.07, 6.45) is 1.77. The first kappa shape index (κ1) is 15.8. The molecule has 2 N–H and O–H groups in total. The first-order chi connectivity index (χ1) is 10.1. The van der Waals surface area contributed by atoms with E-state index in [0.29, 0.717) is 0 Å². The zero-order valence-corrected chi connectivity index (χ0v) is 13.1. The fourth-order valence-electron chi connectivity index (χ4n) is 2.46. The third kappa shape index (κ3) is 3.96. The molecule has 0 aliphatic rings. The monoisotopic (exact) mass is 287 g/mol. The second-order valence-electron chi connectivity index (χ2n) is 5.79. The molecule has 0 spiro atoms. The fourth-order valence-corrected chi connectivity index (χ4v) is 2.46. The molecule has 0 amide bonds. The molecule has 3 heteroatoms. The van der Waals surface area contributed by atoms with E-state index in [1.54, 1.807) is 7.11 Å². The summed E-state index contributed by atoms with van der Waals surface area (Å²) < 4.78 is 5.25. The van der Waals surface area contributed by atoms with Crippen LogP contribution in [0.2, 0.25) is 0 Å². The van der Waals surface area contributed by atoms with Crippen LogP contribution in [0.4, 0.5) is 0 Å². The summed E-state index contributed by atoms with van der Waals surface area (Å²) in [5, 5.41) is 15.1. The molecule has 3 nitrogen and oxygen atoms in total. The fraction of sp³-hybridized carbons (Fsp3) is 0.444. The Morgan fingerprint density at radius 2 is 1.86 bits per heavy atom. The van der Waals surface area contributed by atoms with E-state index in [0.717, 1.165) is 25.1 Å². The Morgan fingerprint density at radius 1 is 1.14 bits per heavy atom. The van der Waals surface area contributed by atoms with Gasteiger partial charge in [0.05, 0.1) is 7.11 Å². The molecule has 0 bridgehead atoms. The number of rotatable bonds is 7. The molecule has 0 heterocycles. The Balaban J connectivity index is 2.12. The van der Waals surface area contributed by atoms with Crippen molar-refractivity contribution in [2.24, 2.45) is 0 Å². The van der Waals surface area contributed by atoms with Crippen molar-refractivity contribution >= 4 is 10.8 Å². The van der Waals surface area contributed by atoms with E-state index in [1.807, 2.05) is 6.07 Å². The topological polar surface area (TPSA) is 41.5 Å². The Bertz CT molecular complexity index is 597. The Hall–Kier alpha value is -1.58. The van der Waals surface area contributed by atoms with Gasteiger partial charge in [0.15, 0.2) is 0 Å². The van der Waals surface area contributed by atoms with Gasteiger partial charge in [0, 0.05) is 18.7 Å². The summed E-state index contributed by atoms with van der Waals surface area (Å²) in [6.45, 7) is 5.34. The van der Waals surface area contributed by atoms with Crippen LogP contribution < -0.4 is 10.1 Å². The van der Waals surface area contributed by atoms with E-state index >= 15 is 0 Å². The van der Waals surface area contributed by atoms with Gasteiger partial charge < -0.3 is 15.2 Å². The molecule has 2 aromatic rings. The minimum absolute atomic E-state index is 0.0103. The SMILES string of the molecule is CCC(C)(CCO)NCc1ccc2cc(OC)ccc2c1. The van der Waals surface area contributed by atoms with Crippen LogP contribution in [-0.4, -0.2) is 24.4 Å². The Morgan fingerprint density at radius 3 is 2.52 bits per heavy atom. The number of ether oxygens (including phenoxy) is 1. The summed E-state index contributed by atoms with van der Waals surface area (Å²) in [4.78, 5) is 0. The number of hydrogen-bond donors (Lipinski definition) is 2. The zero-order valence-electron chi connectivity index (χ0n) is 13.1. The average Bonchev–Trinajstić information content (AvgIpc) is 2.52. The maximum atomic E-state index is 9.17. The quantitative estimate of drug-likeness (QED) is 0.819. The number of methoxy groups -OCH3 is 1. The number of fused-ring (bicyclic) bond motifs is 1. The number of aliphatic hydroxyl groups excluding tert-OH is 1. The highest BCUT2D eigenvalue weighted by molar-refractivity contribution is 5.84. The lowest BCUT2D eigenvalue weighted by Crippen LogP contribution is -2.42. The minimum atomic E-state index is -0.0103. The molecular formula is C18H25NO2. The van der Waals surface area contributed by atoms with Crippen LogP contribution in [-0.2, 0) is 6.54 Å². The maximum absolute atomic E-state index is 9.17. The van der Waals surface area contributed by atoms with Crippen LogP contribution in [0.25, 0.3) is 10.8 Å². The molecule has 1 atom stereocenters. The molecular weight excluding hydrogens is 262 g/mol. The number of hydrogen-bond acceptors (Lipinski definition) is 3. The highest BCUT2D eigenvalue weighted by atomic mass is 16.5. The van der Waals surface area contributed by atoms with Crippen LogP contribution >= 0.6 is 0 Å². The molecule has 2 aromatic carbocycles. The van der Waals surface area contributed by atoms with Crippen molar-refractivity contribution in [3.63, 3.8) is 0 Å². The van der Waals surface area contributed by atoms with Crippen LogP contribution in [0.1, 0.15) is 32.3 Å². The summed E-state index contributed by atoms with van der Waals surface area (Å²) in [7, 11) is 1.69. The van der Waals surface area contributed by atoms with Crippen LogP contribution in [0.3, 0.4) is 0 Å².